The summed E-state index contributed by atoms with van der Waals surface area (Å²) in [4.78, 5) is 11.6. The highest BCUT2D eigenvalue weighted by Gasteiger charge is 2.15. The van der Waals surface area contributed by atoms with Gasteiger partial charge in [0.15, 0.2) is 0 Å². The Bertz CT molecular complexity index is 425. The molecule has 0 saturated carbocycles. The number of amides is 1. The van der Waals surface area contributed by atoms with Crippen LogP contribution in [-0.4, -0.2) is 25.5 Å². The van der Waals surface area contributed by atoms with Crippen molar-refractivity contribution in [2.75, 3.05) is 19.6 Å². The van der Waals surface area contributed by atoms with Crippen molar-refractivity contribution in [3.8, 4) is 0 Å². The van der Waals surface area contributed by atoms with Gasteiger partial charge in [0.2, 0.25) is 5.91 Å². The molecule has 0 bridgehead atoms. The first-order valence-electron chi connectivity index (χ1n) is 6.57. The molecule has 1 heterocycles. The molecule has 1 aliphatic rings. The van der Waals surface area contributed by atoms with Crippen LogP contribution in [0.1, 0.15) is 18.4 Å². The first-order chi connectivity index (χ1) is 9.16. The lowest BCUT2D eigenvalue weighted by Crippen LogP contribution is -2.28. The summed E-state index contributed by atoms with van der Waals surface area (Å²) in [5, 5.41) is 5.97. The van der Waals surface area contributed by atoms with E-state index in [-0.39, 0.29) is 17.9 Å². The Balaban J connectivity index is 1.77. The molecule has 0 aliphatic carbocycles. The van der Waals surface area contributed by atoms with Crippen LogP contribution in [0.2, 0.25) is 0 Å². The Labute approximate surface area is 111 Å². The van der Waals surface area contributed by atoms with Crippen LogP contribution in [0.5, 0.6) is 0 Å². The molecule has 3 nitrogen and oxygen atoms in total. The number of hydrogen-bond acceptors (Lipinski definition) is 2. The second kappa shape index (κ2) is 6.61. The molecule has 1 aromatic rings. The van der Waals surface area contributed by atoms with Crippen molar-refractivity contribution in [1.82, 2.24) is 10.6 Å². The SMILES string of the molecule is O=C(Cc1c(F)cccc1F)NCCC1CCNC1. The maximum Gasteiger partial charge on any atom is 0.224 e. The number of halogens is 2. The van der Waals surface area contributed by atoms with Crippen molar-refractivity contribution >= 4 is 5.91 Å². The van der Waals surface area contributed by atoms with E-state index in [1.165, 1.54) is 6.07 Å². The van der Waals surface area contributed by atoms with E-state index in [1.54, 1.807) is 0 Å². The van der Waals surface area contributed by atoms with Gasteiger partial charge in [-0.05, 0) is 44.0 Å². The van der Waals surface area contributed by atoms with Gasteiger partial charge in [-0.3, -0.25) is 4.79 Å². The largest absolute Gasteiger partial charge is 0.356 e. The van der Waals surface area contributed by atoms with Gasteiger partial charge >= 0.3 is 0 Å². The molecule has 1 atom stereocenters. The fourth-order valence-corrected chi connectivity index (χ4v) is 2.30. The standard InChI is InChI=1S/C14H18F2N2O/c15-12-2-1-3-13(16)11(12)8-14(19)18-7-5-10-4-6-17-9-10/h1-3,10,17H,4-9H2,(H,18,19). The molecule has 1 fully saturated rings. The Morgan fingerprint density at radius 3 is 2.74 bits per heavy atom. The van der Waals surface area contributed by atoms with E-state index < -0.39 is 11.6 Å². The normalized spacial score (nSPS) is 18.5. The lowest BCUT2D eigenvalue weighted by atomic mass is 10.1. The van der Waals surface area contributed by atoms with Crippen LogP contribution < -0.4 is 10.6 Å². The summed E-state index contributed by atoms with van der Waals surface area (Å²) < 4.78 is 26.7. The van der Waals surface area contributed by atoms with Crippen molar-refractivity contribution in [3.05, 3.63) is 35.4 Å². The van der Waals surface area contributed by atoms with Gasteiger partial charge in [-0.25, -0.2) is 8.78 Å². The van der Waals surface area contributed by atoms with Gasteiger partial charge < -0.3 is 10.6 Å². The molecule has 104 valence electrons. The molecule has 2 N–H and O–H groups in total. The quantitative estimate of drug-likeness (QED) is 0.852. The number of carbonyl (C=O) groups excluding carboxylic acids is 1. The maximum absolute atomic E-state index is 13.4. The van der Waals surface area contributed by atoms with Crippen molar-refractivity contribution in [2.45, 2.75) is 19.3 Å². The zero-order chi connectivity index (χ0) is 13.7. The highest BCUT2D eigenvalue weighted by atomic mass is 19.1. The van der Waals surface area contributed by atoms with Crippen molar-refractivity contribution in [1.29, 1.82) is 0 Å². The summed E-state index contributed by atoms with van der Waals surface area (Å²) in [5.41, 5.74) is -0.164. The van der Waals surface area contributed by atoms with E-state index in [1.807, 2.05) is 0 Å². The van der Waals surface area contributed by atoms with Crippen LogP contribution in [-0.2, 0) is 11.2 Å². The zero-order valence-corrected chi connectivity index (χ0v) is 10.7. The molecule has 1 amide bonds. The monoisotopic (exact) mass is 268 g/mol. The van der Waals surface area contributed by atoms with E-state index in [0.29, 0.717) is 12.5 Å². The number of carbonyl (C=O) groups is 1. The van der Waals surface area contributed by atoms with E-state index in [2.05, 4.69) is 10.6 Å². The van der Waals surface area contributed by atoms with Crippen LogP contribution in [0.4, 0.5) is 8.78 Å². The predicted molar refractivity (Wildman–Crippen MR) is 68.7 cm³/mol. The first-order valence-corrected chi connectivity index (χ1v) is 6.57. The Morgan fingerprint density at radius 2 is 2.11 bits per heavy atom. The number of benzene rings is 1. The summed E-state index contributed by atoms with van der Waals surface area (Å²) >= 11 is 0. The minimum atomic E-state index is -0.671. The third-order valence-corrected chi connectivity index (χ3v) is 3.44. The number of hydrogen-bond donors (Lipinski definition) is 2. The van der Waals surface area contributed by atoms with Crippen LogP contribution >= 0.6 is 0 Å². The first kappa shape index (κ1) is 13.9. The van der Waals surface area contributed by atoms with Crippen LogP contribution in [0.3, 0.4) is 0 Å². The summed E-state index contributed by atoms with van der Waals surface area (Å²) in [7, 11) is 0. The second-order valence-electron chi connectivity index (χ2n) is 4.87. The van der Waals surface area contributed by atoms with E-state index in [0.717, 1.165) is 38.1 Å². The molecule has 2 rings (SSSR count). The van der Waals surface area contributed by atoms with Gasteiger partial charge in [-0.15, -0.1) is 0 Å². The average molecular weight is 268 g/mol. The van der Waals surface area contributed by atoms with Crippen molar-refractivity contribution in [3.63, 3.8) is 0 Å². The molecular weight excluding hydrogens is 250 g/mol. The average Bonchev–Trinajstić information content (AvgIpc) is 2.87. The Kier molecular flexibility index (Phi) is 4.85. The fraction of sp³-hybridized carbons (Fsp3) is 0.500. The number of rotatable bonds is 5. The molecule has 0 radical (unpaired) electrons. The number of nitrogens with one attached hydrogen (secondary N) is 2. The molecule has 1 aromatic carbocycles. The lowest BCUT2D eigenvalue weighted by Gasteiger charge is -2.10. The predicted octanol–water partition coefficient (Wildman–Crippen LogP) is 1.62. The molecule has 1 saturated heterocycles. The molecular formula is C14H18F2N2O. The van der Waals surface area contributed by atoms with E-state index in [4.69, 9.17) is 0 Å². The Hall–Kier alpha value is -1.49. The van der Waals surface area contributed by atoms with Crippen LogP contribution in [0.25, 0.3) is 0 Å². The summed E-state index contributed by atoms with van der Waals surface area (Å²) in [6.07, 6.45) is 1.78. The maximum atomic E-state index is 13.4. The van der Waals surface area contributed by atoms with Gasteiger partial charge in [0, 0.05) is 12.1 Å². The molecule has 1 aliphatic heterocycles. The molecule has 0 spiro atoms. The fourth-order valence-electron chi connectivity index (χ4n) is 2.30. The van der Waals surface area contributed by atoms with E-state index in [9.17, 15) is 13.6 Å². The third-order valence-electron chi connectivity index (χ3n) is 3.44. The summed E-state index contributed by atoms with van der Waals surface area (Å²) in [6.45, 7) is 2.57. The highest BCUT2D eigenvalue weighted by molar-refractivity contribution is 5.78. The zero-order valence-electron chi connectivity index (χ0n) is 10.7. The van der Waals surface area contributed by atoms with Crippen LogP contribution in [0, 0.1) is 17.6 Å². The van der Waals surface area contributed by atoms with Gasteiger partial charge in [0.05, 0.1) is 6.42 Å². The Morgan fingerprint density at radius 1 is 1.37 bits per heavy atom. The lowest BCUT2D eigenvalue weighted by molar-refractivity contribution is -0.120. The van der Waals surface area contributed by atoms with Crippen LogP contribution in [0.15, 0.2) is 18.2 Å². The van der Waals surface area contributed by atoms with Gasteiger partial charge in [0.25, 0.3) is 0 Å². The summed E-state index contributed by atoms with van der Waals surface area (Å²) in [5.74, 6) is -1.09. The topological polar surface area (TPSA) is 41.1 Å². The molecule has 0 aromatic heterocycles. The summed E-state index contributed by atoms with van der Waals surface area (Å²) in [6, 6.07) is 3.62. The van der Waals surface area contributed by atoms with Gasteiger partial charge in [-0.1, -0.05) is 6.07 Å². The third kappa shape index (κ3) is 3.99. The van der Waals surface area contributed by atoms with E-state index >= 15 is 0 Å². The minimum absolute atomic E-state index is 0.164. The van der Waals surface area contributed by atoms with Gasteiger partial charge in [-0.2, -0.15) is 0 Å². The smallest absolute Gasteiger partial charge is 0.224 e. The molecule has 19 heavy (non-hydrogen) atoms. The highest BCUT2D eigenvalue weighted by Crippen LogP contribution is 2.13. The molecule has 1 unspecified atom stereocenters. The molecule has 5 heteroatoms. The van der Waals surface area contributed by atoms with Crippen molar-refractivity contribution < 1.29 is 13.6 Å². The second-order valence-corrected chi connectivity index (χ2v) is 4.87. The van der Waals surface area contributed by atoms with Gasteiger partial charge in [0.1, 0.15) is 11.6 Å². The van der Waals surface area contributed by atoms with Crippen molar-refractivity contribution in [2.24, 2.45) is 5.92 Å². The minimum Gasteiger partial charge on any atom is -0.356 e.